The van der Waals surface area contributed by atoms with Gasteiger partial charge in [0.1, 0.15) is 5.82 Å². The van der Waals surface area contributed by atoms with Gasteiger partial charge in [0.2, 0.25) is 10.0 Å². The lowest BCUT2D eigenvalue weighted by Crippen LogP contribution is -2.49. The average Bonchev–Trinajstić information content (AvgIpc) is 2.77. The summed E-state index contributed by atoms with van der Waals surface area (Å²) in [6.45, 7) is 5.00. The molecule has 3 rings (SSSR count). The zero-order valence-corrected chi connectivity index (χ0v) is 18.8. The highest BCUT2D eigenvalue weighted by atomic mass is 32.2. The lowest BCUT2D eigenvalue weighted by Gasteiger charge is -2.35. The van der Waals surface area contributed by atoms with Crippen LogP contribution >= 0.6 is 0 Å². The maximum Gasteiger partial charge on any atom is 0.417 e. The van der Waals surface area contributed by atoms with E-state index in [-0.39, 0.29) is 22.4 Å². The Morgan fingerprint density at radius 3 is 2.28 bits per heavy atom. The number of piperazine rings is 1. The molecule has 0 radical (unpaired) electrons. The summed E-state index contributed by atoms with van der Waals surface area (Å²) in [5.41, 5.74) is -0.544. The predicted octanol–water partition coefficient (Wildman–Crippen LogP) is 3.09. The van der Waals surface area contributed by atoms with Gasteiger partial charge in [0, 0.05) is 51.0 Å². The number of carbonyl (C=O) groups is 1. The van der Waals surface area contributed by atoms with Crippen LogP contribution in [-0.2, 0) is 16.2 Å². The first-order chi connectivity index (χ1) is 14.9. The summed E-state index contributed by atoms with van der Waals surface area (Å²) in [5.74, 6) is 0.115. The van der Waals surface area contributed by atoms with Crippen LogP contribution in [0, 0.1) is 0 Å². The zero-order chi connectivity index (χ0) is 23.7. The molecule has 2 aromatic rings. The fraction of sp³-hybridized carbons (Fsp3) is 0.429. The maximum atomic E-state index is 12.9. The number of nitrogens with zero attached hydrogens (tertiary/aromatic N) is 4. The third kappa shape index (κ3) is 5.04. The topological polar surface area (TPSA) is 73.8 Å². The molecule has 0 atom stereocenters. The van der Waals surface area contributed by atoms with Gasteiger partial charge in [-0.05, 0) is 44.2 Å². The average molecular weight is 471 g/mol. The second-order valence-electron chi connectivity index (χ2n) is 7.82. The van der Waals surface area contributed by atoms with Gasteiger partial charge in [-0.2, -0.15) is 17.5 Å². The van der Waals surface area contributed by atoms with Crippen LogP contribution < -0.4 is 4.90 Å². The summed E-state index contributed by atoms with van der Waals surface area (Å²) >= 11 is 0. The molecule has 1 aromatic carbocycles. The van der Waals surface area contributed by atoms with E-state index in [1.807, 2.05) is 4.90 Å². The molecule has 32 heavy (non-hydrogen) atoms. The number of carbonyl (C=O) groups excluding carboxylic acids is 1. The number of rotatable bonds is 5. The number of amides is 1. The second kappa shape index (κ2) is 9.07. The van der Waals surface area contributed by atoms with Crippen LogP contribution in [-0.4, -0.2) is 67.8 Å². The number of pyridine rings is 1. The van der Waals surface area contributed by atoms with Crippen LogP contribution in [0.5, 0.6) is 0 Å². The summed E-state index contributed by atoms with van der Waals surface area (Å²) in [5, 5.41) is 0. The summed E-state index contributed by atoms with van der Waals surface area (Å²) in [4.78, 5) is 20.3. The van der Waals surface area contributed by atoms with E-state index in [0.717, 1.165) is 12.3 Å². The largest absolute Gasteiger partial charge is 0.417 e. The van der Waals surface area contributed by atoms with Crippen LogP contribution in [0.4, 0.5) is 19.0 Å². The van der Waals surface area contributed by atoms with Crippen molar-refractivity contribution >= 4 is 21.7 Å². The Hall–Kier alpha value is -2.66. The van der Waals surface area contributed by atoms with Crippen molar-refractivity contribution in [1.29, 1.82) is 0 Å². The predicted molar refractivity (Wildman–Crippen MR) is 114 cm³/mol. The molecule has 1 saturated heterocycles. The van der Waals surface area contributed by atoms with E-state index in [0.29, 0.717) is 32.0 Å². The number of anilines is 1. The molecular weight excluding hydrogens is 445 g/mol. The standard InChI is InChI=1S/C21H25F3N4O3S/c1-15(2)26(3)32(30,31)18-6-4-5-16(13-18)20(29)28-11-9-27(10-12-28)19-8-7-17(14-25-19)21(22,23)24/h4-8,13-15H,9-12H2,1-3H3. The van der Waals surface area contributed by atoms with E-state index in [1.165, 1.54) is 35.6 Å². The summed E-state index contributed by atoms with van der Waals surface area (Å²) in [7, 11) is -2.23. The summed E-state index contributed by atoms with van der Waals surface area (Å²) in [6, 6.07) is 8.02. The highest BCUT2D eigenvalue weighted by Crippen LogP contribution is 2.29. The Kier molecular flexibility index (Phi) is 6.80. The molecule has 1 aromatic heterocycles. The molecule has 174 valence electrons. The summed E-state index contributed by atoms with van der Waals surface area (Å²) in [6.07, 6.45) is -3.64. The minimum atomic E-state index is -4.44. The minimum absolute atomic E-state index is 0.0483. The van der Waals surface area contributed by atoms with Crippen molar-refractivity contribution in [1.82, 2.24) is 14.2 Å². The number of hydrogen-bond donors (Lipinski definition) is 0. The van der Waals surface area contributed by atoms with Crippen molar-refractivity contribution in [3.8, 4) is 0 Å². The third-order valence-electron chi connectivity index (χ3n) is 5.45. The van der Waals surface area contributed by atoms with Gasteiger partial charge in [0.05, 0.1) is 10.5 Å². The highest BCUT2D eigenvalue weighted by molar-refractivity contribution is 7.89. The smallest absolute Gasteiger partial charge is 0.353 e. The lowest BCUT2D eigenvalue weighted by atomic mass is 10.2. The number of sulfonamides is 1. The molecule has 0 aliphatic carbocycles. The Bertz CT molecular complexity index is 1060. The van der Waals surface area contributed by atoms with Crippen molar-refractivity contribution in [2.45, 2.75) is 31.0 Å². The zero-order valence-electron chi connectivity index (χ0n) is 18.0. The van der Waals surface area contributed by atoms with E-state index in [4.69, 9.17) is 0 Å². The van der Waals surface area contributed by atoms with Crippen molar-refractivity contribution < 1.29 is 26.4 Å². The van der Waals surface area contributed by atoms with Crippen molar-refractivity contribution in [3.63, 3.8) is 0 Å². The van der Waals surface area contributed by atoms with Gasteiger partial charge in [-0.15, -0.1) is 0 Å². The van der Waals surface area contributed by atoms with Crippen LogP contribution in [0.15, 0.2) is 47.5 Å². The quantitative estimate of drug-likeness (QED) is 0.672. The van der Waals surface area contributed by atoms with Gasteiger partial charge >= 0.3 is 6.18 Å². The maximum absolute atomic E-state index is 12.9. The van der Waals surface area contributed by atoms with Gasteiger partial charge < -0.3 is 9.80 Å². The highest BCUT2D eigenvalue weighted by Gasteiger charge is 2.31. The fourth-order valence-electron chi connectivity index (χ4n) is 3.30. The third-order valence-corrected chi connectivity index (χ3v) is 7.48. The molecule has 0 bridgehead atoms. The monoisotopic (exact) mass is 470 g/mol. The molecule has 11 heteroatoms. The number of aromatic nitrogens is 1. The van der Waals surface area contributed by atoms with E-state index in [2.05, 4.69) is 4.98 Å². The molecule has 0 saturated carbocycles. The van der Waals surface area contributed by atoms with Gasteiger partial charge in [-0.25, -0.2) is 13.4 Å². The molecule has 1 aliphatic rings. The number of benzene rings is 1. The van der Waals surface area contributed by atoms with Gasteiger partial charge in [0.25, 0.3) is 5.91 Å². The molecule has 2 heterocycles. The van der Waals surface area contributed by atoms with Crippen molar-refractivity contribution in [2.75, 3.05) is 38.1 Å². The Morgan fingerprint density at radius 2 is 1.75 bits per heavy atom. The molecule has 1 amide bonds. The molecule has 1 fully saturated rings. The second-order valence-corrected chi connectivity index (χ2v) is 9.82. The van der Waals surface area contributed by atoms with Crippen molar-refractivity contribution in [3.05, 3.63) is 53.7 Å². The van der Waals surface area contributed by atoms with Crippen LogP contribution in [0.2, 0.25) is 0 Å². The van der Waals surface area contributed by atoms with Crippen LogP contribution in [0.3, 0.4) is 0 Å². The Balaban J connectivity index is 1.68. The van der Waals surface area contributed by atoms with E-state index in [1.54, 1.807) is 24.8 Å². The van der Waals surface area contributed by atoms with Crippen LogP contribution in [0.25, 0.3) is 0 Å². The molecule has 1 aliphatic heterocycles. The van der Waals surface area contributed by atoms with E-state index < -0.39 is 21.8 Å². The molecule has 7 nitrogen and oxygen atoms in total. The van der Waals surface area contributed by atoms with E-state index in [9.17, 15) is 26.4 Å². The molecule has 0 spiro atoms. The fourth-order valence-corrected chi connectivity index (χ4v) is 4.71. The molecule has 0 unspecified atom stereocenters. The first-order valence-electron chi connectivity index (χ1n) is 10.1. The SMILES string of the molecule is CC(C)N(C)S(=O)(=O)c1cccc(C(=O)N2CCN(c3ccc(C(F)(F)F)cn3)CC2)c1. The number of hydrogen-bond acceptors (Lipinski definition) is 5. The van der Waals surface area contributed by atoms with Gasteiger partial charge in [-0.3, -0.25) is 4.79 Å². The molecular formula is C21H25F3N4O3S. The Labute approximate surface area is 185 Å². The first-order valence-corrected chi connectivity index (χ1v) is 11.5. The van der Waals surface area contributed by atoms with Gasteiger partial charge in [-0.1, -0.05) is 6.07 Å². The number of alkyl halides is 3. The minimum Gasteiger partial charge on any atom is -0.353 e. The van der Waals surface area contributed by atoms with E-state index >= 15 is 0 Å². The van der Waals surface area contributed by atoms with Gasteiger partial charge in [0.15, 0.2) is 0 Å². The molecule has 0 N–H and O–H groups in total. The number of halogens is 3. The van der Waals surface area contributed by atoms with Crippen molar-refractivity contribution in [2.24, 2.45) is 0 Å². The first kappa shape index (κ1) is 24.0. The summed E-state index contributed by atoms with van der Waals surface area (Å²) < 4.78 is 64.8. The van der Waals surface area contributed by atoms with Crippen LogP contribution in [0.1, 0.15) is 29.8 Å². The lowest BCUT2D eigenvalue weighted by molar-refractivity contribution is -0.137. The Morgan fingerprint density at radius 1 is 1.09 bits per heavy atom. The normalized spacial score (nSPS) is 15.5.